The van der Waals surface area contributed by atoms with E-state index in [1.54, 1.807) is 0 Å². The molecule has 1 nitrogen and oxygen atoms in total. The monoisotopic (exact) mass is 312 g/mol. The van der Waals surface area contributed by atoms with Gasteiger partial charge in [-0.3, -0.25) is 4.79 Å². The molecule has 0 heterocycles. The van der Waals surface area contributed by atoms with Crippen molar-refractivity contribution in [3.05, 3.63) is 21.3 Å². The van der Waals surface area contributed by atoms with E-state index in [2.05, 4.69) is 6.92 Å². The Morgan fingerprint density at radius 3 is 2.69 bits per heavy atom. The number of hydrogen-bond donors (Lipinski definition) is 0. The van der Waals surface area contributed by atoms with E-state index in [0.29, 0.717) is 0 Å². The number of rotatable bonds is 6. The van der Waals surface area contributed by atoms with Gasteiger partial charge in [-0.25, -0.2) is 0 Å². The Hall–Kier alpha value is 0.170. The van der Waals surface area contributed by atoms with Crippen LogP contribution >= 0.6 is 34.2 Å². The summed E-state index contributed by atoms with van der Waals surface area (Å²) in [6.45, 7) is 2.16. The summed E-state index contributed by atoms with van der Waals surface area (Å²) in [5.41, 5.74) is 1.25. The first-order valence-corrected chi connectivity index (χ1v) is 5.90. The molecule has 3 heteroatoms. The van der Waals surface area contributed by atoms with Crippen molar-refractivity contribution in [3.63, 3.8) is 0 Å². The van der Waals surface area contributed by atoms with Gasteiger partial charge in [0.2, 0.25) is 0 Å². The van der Waals surface area contributed by atoms with Crippen LogP contribution in [0.25, 0.3) is 0 Å². The average molecular weight is 313 g/mol. The van der Waals surface area contributed by atoms with Crippen LogP contribution in [0.3, 0.4) is 0 Å². The number of carbonyl (C=O) groups is 1. The first-order valence-electron chi connectivity index (χ1n) is 4.39. The molecule has 0 bridgehead atoms. The van der Waals surface area contributed by atoms with Crippen molar-refractivity contribution in [3.8, 4) is 0 Å². The van der Waals surface area contributed by atoms with E-state index in [1.807, 2.05) is 28.7 Å². The second-order valence-corrected chi connectivity index (χ2v) is 4.12. The number of allylic oxidation sites excluding steroid dienone is 3. The average Bonchev–Trinajstić information content (AvgIpc) is 2.12. The van der Waals surface area contributed by atoms with E-state index < -0.39 is 0 Å². The van der Waals surface area contributed by atoms with Crippen molar-refractivity contribution in [2.45, 2.75) is 32.6 Å². The van der Waals surface area contributed by atoms with Gasteiger partial charge in [0.15, 0.2) is 5.78 Å². The van der Waals surface area contributed by atoms with E-state index in [4.69, 9.17) is 11.6 Å². The molecule has 0 amide bonds. The van der Waals surface area contributed by atoms with E-state index in [-0.39, 0.29) is 5.78 Å². The highest BCUT2D eigenvalue weighted by atomic mass is 127. The van der Waals surface area contributed by atoms with Crippen LogP contribution in [0.4, 0.5) is 0 Å². The number of halogens is 2. The van der Waals surface area contributed by atoms with Gasteiger partial charge >= 0.3 is 0 Å². The summed E-state index contributed by atoms with van der Waals surface area (Å²) in [6, 6.07) is 0. The number of carbonyl (C=O) groups excluding carboxylic acids is 1. The summed E-state index contributed by atoms with van der Waals surface area (Å²) in [5, 5.41) is 0. The normalized spacial score (nSPS) is 12.4. The molecule has 74 valence electrons. The molecule has 0 aliphatic carbocycles. The minimum Gasteiger partial charge on any atom is -0.289 e. The fourth-order valence-corrected chi connectivity index (χ4v) is 1.47. The quantitative estimate of drug-likeness (QED) is 0.408. The lowest BCUT2D eigenvalue weighted by molar-refractivity contribution is -0.110. The van der Waals surface area contributed by atoms with Crippen LogP contribution in [-0.4, -0.2) is 5.78 Å². The van der Waals surface area contributed by atoms with Gasteiger partial charge in [0.05, 0.1) is 3.58 Å². The molecular formula is C10H14ClIO. The number of unbranched alkanes of at least 4 members (excludes halogenated alkanes) is 3. The van der Waals surface area contributed by atoms with Gasteiger partial charge in [0.25, 0.3) is 0 Å². The third-order valence-electron chi connectivity index (χ3n) is 1.58. The highest BCUT2D eigenvalue weighted by Gasteiger charge is 1.99. The Balaban J connectivity index is 3.80. The fraction of sp³-hybridized carbons (Fsp3) is 0.500. The zero-order valence-corrected chi connectivity index (χ0v) is 10.6. The van der Waals surface area contributed by atoms with Gasteiger partial charge in [-0.05, 0) is 41.5 Å². The van der Waals surface area contributed by atoms with Gasteiger partial charge in [0, 0.05) is 5.54 Å². The van der Waals surface area contributed by atoms with E-state index in [0.717, 1.165) is 16.4 Å². The molecule has 0 aromatic heterocycles. The van der Waals surface area contributed by atoms with Crippen molar-refractivity contribution in [1.29, 1.82) is 0 Å². The third kappa shape index (κ3) is 7.26. The molecule has 0 N–H and O–H groups in total. The van der Waals surface area contributed by atoms with Gasteiger partial charge in [-0.2, -0.15) is 0 Å². The minimum absolute atomic E-state index is 0.00732. The highest BCUT2D eigenvalue weighted by molar-refractivity contribution is 14.1. The first-order chi connectivity index (χ1) is 6.22. The molecule has 0 aromatic carbocycles. The molecule has 0 aliphatic rings. The van der Waals surface area contributed by atoms with Crippen LogP contribution in [0.2, 0.25) is 0 Å². The van der Waals surface area contributed by atoms with Crippen LogP contribution < -0.4 is 0 Å². The van der Waals surface area contributed by atoms with Crippen molar-refractivity contribution in [1.82, 2.24) is 0 Å². The Kier molecular flexibility index (Phi) is 8.87. The molecule has 0 aliphatic heterocycles. The summed E-state index contributed by atoms with van der Waals surface area (Å²) in [5.74, 6) is -0.00732. The van der Waals surface area contributed by atoms with Crippen molar-refractivity contribution in [2.24, 2.45) is 0 Å². The van der Waals surface area contributed by atoms with Gasteiger partial charge in [-0.15, -0.1) is 0 Å². The van der Waals surface area contributed by atoms with Crippen LogP contribution in [0.15, 0.2) is 21.3 Å². The van der Waals surface area contributed by atoms with Crippen LogP contribution in [0.5, 0.6) is 0 Å². The lowest BCUT2D eigenvalue weighted by Gasteiger charge is -1.94. The molecule has 0 saturated heterocycles. The van der Waals surface area contributed by atoms with Gasteiger partial charge < -0.3 is 0 Å². The topological polar surface area (TPSA) is 17.1 Å². The Morgan fingerprint density at radius 2 is 2.15 bits per heavy atom. The lowest BCUT2D eigenvalue weighted by atomic mass is 10.2. The third-order valence-corrected chi connectivity index (χ3v) is 2.68. The maximum absolute atomic E-state index is 11.2. The molecular weight excluding hydrogens is 298 g/mol. The maximum Gasteiger partial charge on any atom is 0.192 e. The highest BCUT2D eigenvalue weighted by Crippen LogP contribution is 2.11. The minimum atomic E-state index is -0.00732. The molecule has 0 unspecified atom stereocenters. The summed E-state index contributed by atoms with van der Waals surface area (Å²) >= 11 is 7.34. The second kappa shape index (κ2) is 8.75. The predicted octanol–water partition coefficient (Wildman–Crippen LogP) is 4.21. The van der Waals surface area contributed by atoms with E-state index in [1.165, 1.54) is 24.5 Å². The molecule has 0 aromatic rings. The van der Waals surface area contributed by atoms with Crippen molar-refractivity contribution < 1.29 is 4.79 Å². The SMILES string of the molecule is CCCCC/C=C(\I)C(=O)/C=C\Cl. The zero-order valence-electron chi connectivity index (χ0n) is 7.72. The van der Waals surface area contributed by atoms with Gasteiger partial charge in [0.1, 0.15) is 0 Å². The van der Waals surface area contributed by atoms with Crippen LogP contribution in [0.1, 0.15) is 32.6 Å². The van der Waals surface area contributed by atoms with E-state index >= 15 is 0 Å². The summed E-state index contributed by atoms with van der Waals surface area (Å²) < 4.78 is 0.755. The maximum atomic E-state index is 11.2. The van der Waals surface area contributed by atoms with Gasteiger partial charge in [-0.1, -0.05) is 37.4 Å². The van der Waals surface area contributed by atoms with E-state index in [9.17, 15) is 4.79 Å². The standard InChI is InChI=1S/C10H14ClIO/c1-2-3-4-5-6-9(12)10(13)7-8-11/h6-8H,2-5H2,1H3/b8-7-,9-6-. The smallest absolute Gasteiger partial charge is 0.192 e. The molecule has 0 atom stereocenters. The summed E-state index contributed by atoms with van der Waals surface area (Å²) in [6.07, 6.45) is 7.91. The predicted molar refractivity (Wildman–Crippen MR) is 66.2 cm³/mol. The molecule has 0 saturated carbocycles. The van der Waals surface area contributed by atoms with Crippen molar-refractivity contribution in [2.75, 3.05) is 0 Å². The summed E-state index contributed by atoms with van der Waals surface area (Å²) in [4.78, 5) is 11.2. The number of hydrogen-bond acceptors (Lipinski definition) is 1. The Bertz CT molecular complexity index is 209. The Morgan fingerprint density at radius 1 is 1.46 bits per heavy atom. The van der Waals surface area contributed by atoms with Crippen LogP contribution in [0, 0.1) is 0 Å². The molecule has 0 radical (unpaired) electrons. The fourth-order valence-electron chi connectivity index (χ4n) is 0.861. The second-order valence-electron chi connectivity index (χ2n) is 2.70. The summed E-state index contributed by atoms with van der Waals surface area (Å²) in [7, 11) is 0. The largest absolute Gasteiger partial charge is 0.289 e. The molecule has 0 fully saturated rings. The number of ketones is 1. The first kappa shape index (κ1) is 13.2. The lowest BCUT2D eigenvalue weighted by Crippen LogP contribution is -1.90. The van der Waals surface area contributed by atoms with Crippen LogP contribution in [-0.2, 0) is 4.79 Å². The molecule has 0 rings (SSSR count). The molecule has 13 heavy (non-hydrogen) atoms. The Labute approximate surface area is 98.4 Å². The van der Waals surface area contributed by atoms with Crippen molar-refractivity contribution >= 4 is 40.0 Å². The zero-order chi connectivity index (χ0) is 10.1. The molecule has 0 spiro atoms.